The van der Waals surface area contributed by atoms with Crippen molar-refractivity contribution in [2.24, 2.45) is 16.2 Å². The van der Waals surface area contributed by atoms with Crippen molar-refractivity contribution in [2.75, 3.05) is 0 Å². The second-order valence-corrected chi connectivity index (χ2v) is 9.95. The van der Waals surface area contributed by atoms with Crippen molar-refractivity contribution in [3.8, 4) is 5.75 Å². The highest BCUT2D eigenvalue weighted by atomic mass is 16.5. The molecule has 0 spiro atoms. The molecule has 1 aromatic carbocycles. The van der Waals surface area contributed by atoms with Gasteiger partial charge in [-0.15, -0.1) is 0 Å². The van der Waals surface area contributed by atoms with Gasteiger partial charge in [0.2, 0.25) is 0 Å². The van der Waals surface area contributed by atoms with Gasteiger partial charge in [0.15, 0.2) is 0 Å². The fourth-order valence-corrected chi connectivity index (χ4v) is 3.86. The molecule has 0 saturated carbocycles. The molecule has 26 heavy (non-hydrogen) atoms. The number of phenolic OH excluding ortho intramolecular Hbond substituents is 1. The van der Waals surface area contributed by atoms with Crippen molar-refractivity contribution >= 4 is 5.97 Å². The first-order valence-electron chi connectivity index (χ1n) is 9.92. The number of aromatic hydroxyl groups is 1. The van der Waals surface area contributed by atoms with E-state index in [2.05, 4.69) is 48.5 Å². The van der Waals surface area contributed by atoms with Gasteiger partial charge in [0, 0.05) is 0 Å². The molecule has 2 rings (SSSR count). The minimum Gasteiger partial charge on any atom is -0.508 e. The molecular formula is C23H36O3. The van der Waals surface area contributed by atoms with E-state index in [-0.39, 0.29) is 28.7 Å². The molecule has 2 atom stereocenters. The van der Waals surface area contributed by atoms with Crippen LogP contribution in [0.3, 0.4) is 0 Å². The van der Waals surface area contributed by atoms with Gasteiger partial charge in [-0.2, -0.15) is 0 Å². The van der Waals surface area contributed by atoms with Crippen molar-refractivity contribution in [1.29, 1.82) is 0 Å². The maximum Gasteiger partial charge on any atom is 0.312 e. The minimum absolute atomic E-state index is 0.0807. The molecule has 3 heteroatoms. The van der Waals surface area contributed by atoms with Gasteiger partial charge in [-0.05, 0) is 66.7 Å². The van der Waals surface area contributed by atoms with Gasteiger partial charge >= 0.3 is 5.97 Å². The number of aryl methyl sites for hydroxylation is 1. The first-order chi connectivity index (χ1) is 11.9. The lowest BCUT2D eigenvalue weighted by Crippen LogP contribution is -2.45. The first kappa shape index (κ1) is 20.8. The molecule has 2 unspecified atom stereocenters. The van der Waals surface area contributed by atoms with Crippen LogP contribution in [0.4, 0.5) is 0 Å². The van der Waals surface area contributed by atoms with E-state index in [1.54, 1.807) is 12.1 Å². The SMILES string of the molecule is CCC(C)(C)CC(C)(C(=O)OC1CCCc2cc(O)ccc21)C(C)(C)C. The second kappa shape index (κ2) is 7.25. The van der Waals surface area contributed by atoms with Crippen LogP contribution in [0.1, 0.15) is 91.4 Å². The van der Waals surface area contributed by atoms with Crippen LogP contribution in [0.25, 0.3) is 0 Å². The molecule has 1 aromatic rings. The number of hydrogen-bond donors (Lipinski definition) is 1. The van der Waals surface area contributed by atoms with Crippen LogP contribution in [-0.2, 0) is 16.0 Å². The lowest BCUT2D eigenvalue weighted by molar-refractivity contribution is -0.172. The molecule has 0 bridgehead atoms. The van der Waals surface area contributed by atoms with Crippen molar-refractivity contribution < 1.29 is 14.6 Å². The fourth-order valence-electron chi connectivity index (χ4n) is 3.86. The highest BCUT2D eigenvalue weighted by Crippen LogP contribution is 2.49. The summed E-state index contributed by atoms with van der Waals surface area (Å²) in [5, 5.41) is 9.74. The van der Waals surface area contributed by atoms with E-state index in [9.17, 15) is 9.90 Å². The van der Waals surface area contributed by atoms with Crippen molar-refractivity contribution in [3.63, 3.8) is 0 Å². The summed E-state index contributed by atoms with van der Waals surface area (Å²) >= 11 is 0. The van der Waals surface area contributed by atoms with Crippen LogP contribution in [0.5, 0.6) is 5.75 Å². The predicted molar refractivity (Wildman–Crippen MR) is 106 cm³/mol. The number of hydrogen-bond acceptors (Lipinski definition) is 3. The smallest absolute Gasteiger partial charge is 0.312 e. The molecular weight excluding hydrogens is 324 g/mol. The molecule has 3 nitrogen and oxygen atoms in total. The summed E-state index contributed by atoms with van der Waals surface area (Å²) in [6, 6.07) is 5.40. The standard InChI is InChI=1S/C23H36O3/c1-8-22(5,6)15-23(7,21(2,3)4)20(25)26-19-11-9-10-16-14-17(24)12-13-18(16)19/h12-14,19,24H,8-11,15H2,1-7H3. The van der Waals surface area contributed by atoms with E-state index in [1.165, 1.54) is 0 Å². The lowest BCUT2D eigenvalue weighted by Gasteiger charge is -2.45. The van der Waals surface area contributed by atoms with Crippen LogP contribution in [0, 0.1) is 16.2 Å². The molecule has 0 amide bonds. The lowest BCUT2D eigenvalue weighted by atomic mass is 9.60. The average molecular weight is 361 g/mol. The zero-order valence-corrected chi connectivity index (χ0v) is 17.6. The zero-order valence-electron chi connectivity index (χ0n) is 17.6. The maximum absolute atomic E-state index is 13.4. The zero-order chi connectivity index (χ0) is 19.8. The Hall–Kier alpha value is -1.51. The Kier molecular flexibility index (Phi) is 5.80. The van der Waals surface area contributed by atoms with Crippen molar-refractivity contribution in [2.45, 2.75) is 86.7 Å². The third-order valence-corrected chi connectivity index (χ3v) is 6.53. The molecule has 0 aliphatic heterocycles. The maximum atomic E-state index is 13.4. The summed E-state index contributed by atoms with van der Waals surface area (Å²) in [5.41, 5.74) is 1.48. The molecule has 1 N–H and O–H groups in total. The number of carbonyl (C=O) groups is 1. The summed E-state index contributed by atoms with van der Waals surface area (Å²) in [6.07, 6.45) is 4.36. The third kappa shape index (κ3) is 4.24. The van der Waals surface area contributed by atoms with Gasteiger partial charge in [-0.25, -0.2) is 0 Å². The summed E-state index contributed by atoms with van der Waals surface area (Å²) in [7, 11) is 0. The molecule has 1 aliphatic rings. The molecule has 0 heterocycles. The largest absolute Gasteiger partial charge is 0.508 e. The number of fused-ring (bicyclic) bond motifs is 1. The molecule has 1 aliphatic carbocycles. The van der Waals surface area contributed by atoms with Crippen LogP contribution in [-0.4, -0.2) is 11.1 Å². The first-order valence-corrected chi connectivity index (χ1v) is 9.92. The van der Waals surface area contributed by atoms with Crippen molar-refractivity contribution in [3.05, 3.63) is 29.3 Å². The number of ether oxygens (including phenoxy) is 1. The average Bonchev–Trinajstić information content (AvgIpc) is 2.53. The number of benzene rings is 1. The predicted octanol–water partition coefficient (Wildman–Crippen LogP) is 6.19. The number of rotatable bonds is 5. The Balaban J connectivity index is 2.29. The van der Waals surface area contributed by atoms with Crippen LogP contribution >= 0.6 is 0 Å². The topological polar surface area (TPSA) is 46.5 Å². The monoisotopic (exact) mass is 360 g/mol. The number of carbonyl (C=O) groups excluding carboxylic acids is 1. The van der Waals surface area contributed by atoms with Crippen molar-refractivity contribution in [1.82, 2.24) is 0 Å². The van der Waals surface area contributed by atoms with Gasteiger partial charge in [-0.1, -0.05) is 54.0 Å². The van der Waals surface area contributed by atoms with Gasteiger partial charge in [0.05, 0.1) is 5.41 Å². The van der Waals surface area contributed by atoms with Crippen LogP contribution in [0.15, 0.2) is 18.2 Å². The third-order valence-electron chi connectivity index (χ3n) is 6.53. The molecule has 0 saturated heterocycles. The minimum atomic E-state index is -0.555. The Labute approximate surface area is 159 Å². The normalized spacial score (nSPS) is 20.2. The highest BCUT2D eigenvalue weighted by Gasteiger charge is 2.49. The van der Waals surface area contributed by atoms with E-state index < -0.39 is 5.41 Å². The second-order valence-electron chi connectivity index (χ2n) is 9.95. The van der Waals surface area contributed by atoms with Gasteiger partial charge in [-0.3, -0.25) is 4.79 Å². The molecule has 0 aromatic heterocycles. The number of esters is 1. The van der Waals surface area contributed by atoms with Gasteiger partial charge < -0.3 is 9.84 Å². The highest BCUT2D eigenvalue weighted by molar-refractivity contribution is 5.78. The Morgan fingerprint density at radius 3 is 2.42 bits per heavy atom. The molecule has 146 valence electrons. The molecule has 0 radical (unpaired) electrons. The summed E-state index contributed by atoms with van der Waals surface area (Å²) in [5.74, 6) is 0.178. The van der Waals surface area contributed by atoms with E-state index in [0.29, 0.717) is 0 Å². The Bertz CT molecular complexity index is 654. The van der Waals surface area contributed by atoms with Crippen LogP contribution < -0.4 is 0 Å². The molecule has 0 fully saturated rings. The van der Waals surface area contributed by atoms with Crippen LogP contribution in [0.2, 0.25) is 0 Å². The Morgan fingerprint density at radius 1 is 1.19 bits per heavy atom. The number of phenols is 1. The summed E-state index contributed by atoms with van der Waals surface area (Å²) < 4.78 is 6.12. The Morgan fingerprint density at radius 2 is 1.85 bits per heavy atom. The fraction of sp³-hybridized carbons (Fsp3) is 0.696. The quantitative estimate of drug-likeness (QED) is 0.637. The summed E-state index contributed by atoms with van der Waals surface area (Å²) in [4.78, 5) is 13.4. The van der Waals surface area contributed by atoms with E-state index in [0.717, 1.165) is 43.2 Å². The van der Waals surface area contributed by atoms with E-state index in [4.69, 9.17) is 4.74 Å². The van der Waals surface area contributed by atoms with E-state index >= 15 is 0 Å². The van der Waals surface area contributed by atoms with E-state index in [1.807, 2.05) is 6.07 Å². The summed E-state index contributed by atoms with van der Waals surface area (Å²) in [6.45, 7) is 15.1. The van der Waals surface area contributed by atoms with Gasteiger partial charge in [0.1, 0.15) is 11.9 Å². The van der Waals surface area contributed by atoms with Gasteiger partial charge in [0.25, 0.3) is 0 Å².